The van der Waals surface area contributed by atoms with E-state index < -0.39 is 0 Å². The molecule has 1 amide bonds. The summed E-state index contributed by atoms with van der Waals surface area (Å²) in [7, 11) is 0. The Kier molecular flexibility index (Phi) is 4.92. The topological polar surface area (TPSA) is 55.1 Å². The molecule has 1 unspecified atom stereocenters. The Hall–Kier alpha value is -0.960. The van der Waals surface area contributed by atoms with Gasteiger partial charge in [-0.05, 0) is 37.0 Å². The number of carbonyl (C=O) groups excluding carboxylic acids is 1. The molecule has 3 nitrogen and oxygen atoms in total. The number of thioether (sulfide) groups is 1. The second kappa shape index (κ2) is 6.47. The molecule has 1 atom stereocenters. The summed E-state index contributed by atoms with van der Waals surface area (Å²) in [6, 6.07) is 1.97. The van der Waals surface area contributed by atoms with Crippen molar-refractivity contribution in [1.82, 2.24) is 5.32 Å². The number of thiophene rings is 1. The summed E-state index contributed by atoms with van der Waals surface area (Å²) in [4.78, 5) is 13.3. The molecule has 0 aromatic carbocycles. The van der Waals surface area contributed by atoms with Crippen LogP contribution in [0.25, 0.3) is 0 Å². The standard InChI is InChI=1S/C14H18N2OS2/c1-14(6-3-8-19-14)13(17)16-10-12-11(4-2-7-15)5-9-18-12/h5,9H,3,6-8,10,15H2,1H3,(H,16,17). The molecular formula is C14H18N2OS2. The van der Waals surface area contributed by atoms with E-state index in [4.69, 9.17) is 5.73 Å². The van der Waals surface area contributed by atoms with Crippen LogP contribution in [-0.4, -0.2) is 23.0 Å². The average molecular weight is 294 g/mol. The molecular weight excluding hydrogens is 276 g/mol. The Morgan fingerprint density at radius 2 is 2.47 bits per heavy atom. The molecule has 1 saturated heterocycles. The quantitative estimate of drug-likeness (QED) is 0.838. The fraction of sp³-hybridized carbons (Fsp3) is 0.500. The fourth-order valence-electron chi connectivity index (χ4n) is 2.04. The lowest BCUT2D eigenvalue weighted by Gasteiger charge is -2.21. The van der Waals surface area contributed by atoms with Gasteiger partial charge in [0.2, 0.25) is 5.91 Å². The van der Waals surface area contributed by atoms with Crippen molar-refractivity contribution in [1.29, 1.82) is 0 Å². The molecule has 5 heteroatoms. The first-order valence-corrected chi connectivity index (χ1v) is 8.20. The third-order valence-corrected chi connectivity index (χ3v) is 5.62. The minimum Gasteiger partial charge on any atom is -0.350 e. The van der Waals surface area contributed by atoms with Gasteiger partial charge in [0.25, 0.3) is 0 Å². The summed E-state index contributed by atoms with van der Waals surface area (Å²) in [6.45, 7) is 2.95. The van der Waals surface area contributed by atoms with Gasteiger partial charge in [-0.25, -0.2) is 0 Å². The number of nitrogens with two attached hydrogens (primary N) is 1. The normalized spacial score (nSPS) is 21.8. The highest BCUT2D eigenvalue weighted by molar-refractivity contribution is 8.01. The molecule has 1 fully saturated rings. The number of nitrogens with one attached hydrogen (secondary N) is 1. The Bertz CT molecular complexity index is 507. The van der Waals surface area contributed by atoms with Crippen molar-refractivity contribution in [2.24, 2.45) is 5.73 Å². The molecule has 102 valence electrons. The lowest BCUT2D eigenvalue weighted by Crippen LogP contribution is -2.39. The van der Waals surface area contributed by atoms with E-state index in [0.717, 1.165) is 29.0 Å². The molecule has 1 aromatic rings. The Labute approximate surface area is 122 Å². The Morgan fingerprint density at radius 3 is 3.16 bits per heavy atom. The van der Waals surface area contributed by atoms with Crippen LogP contribution in [0.15, 0.2) is 11.4 Å². The molecule has 0 bridgehead atoms. The zero-order valence-corrected chi connectivity index (χ0v) is 12.6. The number of amides is 1. The highest BCUT2D eigenvalue weighted by Gasteiger charge is 2.36. The molecule has 3 N–H and O–H groups in total. The van der Waals surface area contributed by atoms with Crippen molar-refractivity contribution >= 4 is 29.0 Å². The average Bonchev–Trinajstić information content (AvgIpc) is 3.03. The van der Waals surface area contributed by atoms with Crippen LogP contribution in [0.3, 0.4) is 0 Å². The predicted molar refractivity (Wildman–Crippen MR) is 82.2 cm³/mol. The molecule has 1 aromatic heterocycles. The van der Waals surface area contributed by atoms with Crippen molar-refractivity contribution in [2.45, 2.75) is 31.1 Å². The van der Waals surface area contributed by atoms with E-state index in [1.165, 1.54) is 0 Å². The summed E-state index contributed by atoms with van der Waals surface area (Å²) >= 11 is 3.37. The molecule has 1 aliphatic heterocycles. The zero-order valence-electron chi connectivity index (χ0n) is 11.0. The monoisotopic (exact) mass is 294 g/mol. The number of rotatable bonds is 3. The van der Waals surface area contributed by atoms with Gasteiger partial charge < -0.3 is 11.1 Å². The zero-order chi connectivity index (χ0) is 13.7. The molecule has 1 aliphatic rings. The molecule has 2 rings (SSSR count). The molecule has 0 spiro atoms. The summed E-state index contributed by atoms with van der Waals surface area (Å²) in [5.74, 6) is 7.10. The molecule has 0 saturated carbocycles. The maximum atomic E-state index is 12.2. The van der Waals surface area contributed by atoms with Crippen LogP contribution in [0.4, 0.5) is 0 Å². The van der Waals surface area contributed by atoms with E-state index in [-0.39, 0.29) is 10.7 Å². The van der Waals surface area contributed by atoms with Gasteiger partial charge >= 0.3 is 0 Å². The van der Waals surface area contributed by atoms with Crippen LogP contribution in [-0.2, 0) is 11.3 Å². The second-order valence-electron chi connectivity index (χ2n) is 4.63. The van der Waals surface area contributed by atoms with Gasteiger partial charge in [0, 0.05) is 10.4 Å². The minimum atomic E-state index is -0.250. The summed E-state index contributed by atoms with van der Waals surface area (Å²) in [5.41, 5.74) is 6.35. The van der Waals surface area contributed by atoms with E-state index in [1.54, 1.807) is 23.1 Å². The van der Waals surface area contributed by atoms with Crippen LogP contribution in [0.2, 0.25) is 0 Å². The minimum absolute atomic E-state index is 0.140. The SMILES string of the molecule is CC1(C(=O)NCc2sccc2C#CCN)CCCS1. The van der Waals surface area contributed by atoms with Gasteiger partial charge in [-0.1, -0.05) is 11.8 Å². The van der Waals surface area contributed by atoms with E-state index in [0.29, 0.717) is 13.1 Å². The molecule has 2 heterocycles. The van der Waals surface area contributed by atoms with Crippen LogP contribution in [0.1, 0.15) is 30.2 Å². The number of carbonyl (C=O) groups is 1. The van der Waals surface area contributed by atoms with Crippen molar-refractivity contribution in [3.8, 4) is 11.8 Å². The first kappa shape index (κ1) is 14.4. The highest BCUT2D eigenvalue weighted by Crippen LogP contribution is 2.37. The van der Waals surface area contributed by atoms with Crippen molar-refractivity contribution in [3.05, 3.63) is 21.9 Å². The van der Waals surface area contributed by atoms with Gasteiger partial charge in [-0.3, -0.25) is 4.79 Å². The summed E-state index contributed by atoms with van der Waals surface area (Å²) in [5, 5.41) is 5.03. The van der Waals surface area contributed by atoms with Crippen molar-refractivity contribution in [2.75, 3.05) is 12.3 Å². The molecule has 19 heavy (non-hydrogen) atoms. The lowest BCUT2D eigenvalue weighted by molar-refractivity contribution is -0.123. The van der Waals surface area contributed by atoms with Crippen LogP contribution in [0.5, 0.6) is 0 Å². The fourth-order valence-corrected chi connectivity index (χ4v) is 4.04. The summed E-state index contributed by atoms with van der Waals surface area (Å²) < 4.78 is -0.250. The van der Waals surface area contributed by atoms with E-state index in [9.17, 15) is 4.79 Å². The van der Waals surface area contributed by atoms with Gasteiger partial charge in [-0.2, -0.15) is 0 Å². The third kappa shape index (κ3) is 3.53. The van der Waals surface area contributed by atoms with Gasteiger partial charge in [0.15, 0.2) is 0 Å². The van der Waals surface area contributed by atoms with Crippen LogP contribution < -0.4 is 11.1 Å². The smallest absolute Gasteiger partial charge is 0.236 e. The number of hydrogen-bond donors (Lipinski definition) is 2. The third-order valence-electron chi connectivity index (χ3n) is 3.18. The van der Waals surface area contributed by atoms with E-state index in [2.05, 4.69) is 17.2 Å². The second-order valence-corrected chi connectivity index (χ2v) is 7.23. The Balaban J connectivity index is 1.95. The molecule has 0 aliphatic carbocycles. The molecule has 0 radical (unpaired) electrons. The maximum absolute atomic E-state index is 12.2. The van der Waals surface area contributed by atoms with E-state index in [1.807, 2.05) is 18.4 Å². The number of hydrogen-bond acceptors (Lipinski definition) is 4. The first-order valence-electron chi connectivity index (χ1n) is 6.33. The predicted octanol–water partition coefficient (Wildman–Crippen LogP) is 1.96. The van der Waals surface area contributed by atoms with Crippen molar-refractivity contribution < 1.29 is 4.79 Å². The highest BCUT2D eigenvalue weighted by atomic mass is 32.2. The van der Waals surface area contributed by atoms with Crippen LogP contribution in [0, 0.1) is 11.8 Å². The van der Waals surface area contributed by atoms with Gasteiger partial charge in [0.05, 0.1) is 17.8 Å². The van der Waals surface area contributed by atoms with Crippen molar-refractivity contribution in [3.63, 3.8) is 0 Å². The van der Waals surface area contributed by atoms with Gasteiger partial charge in [0.1, 0.15) is 0 Å². The largest absolute Gasteiger partial charge is 0.350 e. The lowest BCUT2D eigenvalue weighted by atomic mass is 10.0. The van der Waals surface area contributed by atoms with E-state index >= 15 is 0 Å². The van der Waals surface area contributed by atoms with Crippen LogP contribution >= 0.6 is 23.1 Å². The van der Waals surface area contributed by atoms with Gasteiger partial charge in [-0.15, -0.1) is 23.1 Å². The Morgan fingerprint density at radius 1 is 1.63 bits per heavy atom. The first-order chi connectivity index (χ1) is 9.15. The summed E-state index contributed by atoms with van der Waals surface area (Å²) in [6.07, 6.45) is 2.09. The maximum Gasteiger partial charge on any atom is 0.236 e.